The number of phenolic OH excluding ortho intramolecular Hbond substituents is 3. The molecule has 0 bridgehead atoms. The average Bonchev–Trinajstić information content (AvgIpc) is 2.59. The summed E-state index contributed by atoms with van der Waals surface area (Å²) in [4.78, 5) is 31.8. The normalized spacial score (nSPS) is 10.9. The Bertz CT molecular complexity index is 1020. The Morgan fingerprint density at radius 1 is 1.04 bits per heavy atom. The van der Waals surface area contributed by atoms with Crippen LogP contribution in [0.3, 0.4) is 0 Å². The highest BCUT2D eigenvalue weighted by molar-refractivity contribution is 6.09. The summed E-state index contributed by atoms with van der Waals surface area (Å²) >= 11 is 0. The molecule has 0 aliphatic rings. The molecule has 3 aromatic rings. The number of nitrogens with one attached hydrogen (secondary N) is 1. The van der Waals surface area contributed by atoms with Gasteiger partial charge in [-0.25, -0.2) is 9.97 Å². The van der Waals surface area contributed by atoms with Crippen molar-refractivity contribution >= 4 is 34.3 Å². The predicted octanol–water partition coefficient (Wildman–Crippen LogP) is 0.401. The Morgan fingerprint density at radius 3 is 2.40 bits per heavy atom. The molecule has 0 aliphatic carbocycles. The van der Waals surface area contributed by atoms with Gasteiger partial charge in [0.1, 0.15) is 39.3 Å². The summed E-state index contributed by atoms with van der Waals surface area (Å²) in [5, 5.41) is 32.4. The second-order valence-electron chi connectivity index (χ2n) is 5.24. The number of amides is 1. The molecule has 0 fully saturated rings. The van der Waals surface area contributed by atoms with Crippen LogP contribution in [0, 0.1) is 0 Å². The number of carbonyl (C=O) groups excluding carboxylic acids is 2. The third-order valence-corrected chi connectivity index (χ3v) is 3.64. The maximum absolute atomic E-state index is 12.3. The molecule has 2 aromatic carbocycles. The third-order valence-electron chi connectivity index (χ3n) is 3.64. The Hall–Kier alpha value is -3.46. The number of nitrogens with zero attached hydrogens (tertiary/aromatic N) is 2. The Labute approximate surface area is 140 Å². The van der Waals surface area contributed by atoms with Crippen LogP contribution in [0.25, 0.3) is 22.1 Å². The first-order valence-electron chi connectivity index (χ1n) is 7.29. The van der Waals surface area contributed by atoms with E-state index in [1.54, 1.807) is 0 Å². The molecule has 0 spiro atoms. The van der Waals surface area contributed by atoms with Gasteiger partial charge >= 0.3 is 0 Å². The van der Waals surface area contributed by atoms with Crippen LogP contribution < -0.4 is 11.1 Å². The zero-order chi connectivity index (χ0) is 18.1. The van der Waals surface area contributed by atoms with E-state index in [0.29, 0.717) is 6.29 Å². The second-order valence-corrected chi connectivity index (χ2v) is 5.24. The molecule has 1 amide bonds. The molecule has 0 saturated carbocycles. The minimum absolute atomic E-state index is 0.0407. The fourth-order valence-corrected chi connectivity index (χ4v) is 2.47. The van der Waals surface area contributed by atoms with Crippen molar-refractivity contribution in [2.24, 2.45) is 5.73 Å². The molecule has 6 N–H and O–H groups in total. The average molecular weight is 342 g/mol. The zero-order valence-corrected chi connectivity index (χ0v) is 12.9. The molecule has 1 aromatic heterocycles. The quantitative estimate of drug-likeness (QED) is 0.336. The number of phenols is 3. The van der Waals surface area contributed by atoms with Gasteiger partial charge in [0.25, 0.3) is 5.91 Å². The number of carbonyl (C=O) groups is 2. The fourth-order valence-electron chi connectivity index (χ4n) is 2.47. The van der Waals surface area contributed by atoms with Crippen molar-refractivity contribution in [3.8, 4) is 17.2 Å². The lowest BCUT2D eigenvalue weighted by Gasteiger charge is -2.11. The van der Waals surface area contributed by atoms with Crippen molar-refractivity contribution in [3.05, 3.63) is 29.3 Å². The van der Waals surface area contributed by atoms with Gasteiger partial charge in [-0.3, -0.25) is 9.59 Å². The molecule has 0 saturated heterocycles. The molecule has 0 unspecified atom stereocenters. The van der Waals surface area contributed by atoms with Crippen LogP contribution in [-0.2, 0) is 0 Å². The molecule has 1 heterocycles. The summed E-state index contributed by atoms with van der Waals surface area (Å²) in [6.45, 7) is 0.496. The lowest BCUT2D eigenvalue weighted by Crippen LogP contribution is -2.29. The molecule has 25 heavy (non-hydrogen) atoms. The first-order valence-corrected chi connectivity index (χ1v) is 7.29. The number of fused-ring (bicyclic) bond motifs is 2. The smallest absolute Gasteiger partial charge is 0.253 e. The van der Waals surface area contributed by atoms with Crippen LogP contribution in [0.4, 0.5) is 0 Å². The lowest BCUT2D eigenvalue weighted by molar-refractivity contribution is 0.0956. The van der Waals surface area contributed by atoms with Crippen LogP contribution in [0.15, 0.2) is 18.2 Å². The SMILES string of the molecule is NCCNC(=O)c1ccc(O)c2nc3c(C=O)c(O)cc(O)c3nc12. The summed E-state index contributed by atoms with van der Waals surface area (Å²) in [6.07, 6.45) is 0.368. The molecule has 0 atom stereocenters. The number of benzene rings is 2. The number of nitrogens with two attached hydrogens (primary N) is 1. The molecule has 3 rings (SSSR count). The van der Waals surface area contributed by atoms with Gasteiger partial charge in [0.05, 0.1) is 11.1 Å². The van der Waals surface area contributed by atoms with Crippen molar-refractivity contribution in [2.75, 3.05) is 13.1 Å². The Morgan fingerprint density at radius 2 is 1.72 bits per heavy atom. The minimum atomic E-state index is -0.474. The van der Waals surface area contributed by atoms with Gasteiger partial charge in [0, 0.05) is 19.2 Å². The number of aromatic hydroxyl groups is 3. The maximum atomic E-state index is 12.3. The molecule has 9 heteroatoms. The third kappa shape index (κ3) is 2.66. The molecule has 0 radical (unpaired) electrons. The van der Waals surface area contributed by atoms with E-state index in [2.05, 4.69) is 15.3 Å². The monoisotopic (exact) mass is 342 g/mol. The molecule has 128 valence electrons. The van der Waals surface area contributed by atoms with Crippen LogP contribution in [0.2, 0.25) is 0 Å². The largest absolute Gasteiger partial charge is 0.507 e. The first kappa shape index (κ1) is 16.4. The first-order chi connectivity index (χ1) is 12.0. The highest BCUT2D eigenvalue weighted by atomic mass is 16.3. The highest BCUT2D eigenvalue weighted by Crippen LogP contribution is 2.35. The van der Waals surface area contributed by atoms with Crippen LogP contribution >= 0.6 is 0 Å². The van der Waals surface area contributed by atoms with E-state index in [9.17, 15) is 24.9 Å². The summed E-state index contributed by atoms with van der Waals surface area (Å²) in [5.74, 6) is -1.62. The van der Waals surface area contributed by atoms with E-state index in [1.807, 2.05) is 0 Å². The van der Waals surface area contributed by atoms with Crippen LogP contribution in [0.5, 0.6) is 17.2 Å². The lowest BCUT2D eigenvalue weighted by atomic mass is 10.1. The predicted molar refractivity (Wildman–Crippen MR) is 88.8 cm³/mol. The Kier molecular flexibility index (Phi) is 4.07. The van der Waals surface area contributed by atoms with Crippen molar-refractivity contribution in [1.82, 2.24) is 15.3 Å². The number of aromatic nitrogens is 2. The molecule has 9 nitrogen and oxygen atoms in total. The number of hydrogen-bond acceptors (Lipinski definition) is 8. The van der Waals surface area contributed by atoms with Gasteiger partial charge < -0.3 is 26.4 Å². The van der Waals surface area contributed by atoms with Gasteiger partial charge in [-0.1, -0.05) is 0 Å². The van der Waals surface area contributed by atoms with Crippen molar-refractivity contribution in [2.45, 2.75) is 0 Å². The molecular formula is C16H14N4O5. The standard InChI is InChI=1S/C16H14N4O5/c17-3-4-18-16(25)7-1-2-9(22)14-12(7)19-15-11(24)5-10(23)8(6-21)13(15)20-14/h1-2,5-6,22-24H,3-4,17H2,(H,18,25). The number of aldehydes is 1. The maximum Gasteiger partial charge on any atom is 0.253 e. The molecule has 0 aliphatic heterocycles. The van der Waals surface area contributed by atoms with Gasteiger partial charge in [0.15, 0.2) is 6.29 Å². The Balaban J connectivity index is 2.37. The molecular weight excluding hydrogens is 328 g/mol. The number of rotatable bonds is 4. The van der Waals surface area contributed by atoms with Gasteiger partial charge in [-0.2, -0.15) is 0 Å². The summed E-state index contributed by atoms with van der Waals surface area (Å²) in [6, 6.07) is 3.59. The second kappa shape index (κ2) is 6.21. The van der Waals surface area contributed by atoms with E-state index in [0.717, 1.165) is 6.07 Å². The van der Waals surface area contributed by atoms with Crippen LogP contribution in [-0.4, -0.2) is 50.6 Å². The minimum Gasteiger partial charge on any atom is -0.507 e. The van der Waals surface area contributed by atoms with E-state index < -0.39 is 17.4 Å². The fraction of sp³-hybridized carbons (Fsp3) is 0.125. The summed E-state index contributed by atoms with van der Waals surface area (Å²) < 4.78 is 0. The summed E-state index contributed by atoms with van der Waals surface area (Å²) in [5.41, 5.74) is 5.13. The topological polar surface area (TPSA) is 159 Å². The van der Waals surface area contributed by atoms with E-state index in [-0.39, 0.29) is 52.0 Å². The van der Waals surface area contributed by atoms with E-state index in [1.165, 1.54) is 12.1 Å². The van der Waals surface area contributed by atoms with Gasteiger partial charge in [-0.15, -0.1) is 0 Å². The van der Waals surface area contributed by atoms with E-state index in [4.69, 9.17) is 5.73 Å². The van der Waals surface area contributed by atoms with Crippen LogP contribution in [0.1, 0.15) is 20.7 Å². The van der Waals surface area contributed by atoms with Crippen molar-refractivity contribution in [3.63, 3.8) is 0 Å². The van der Waals surface area contributed by atoms with Gasteiger partial charge in [0.2, 0.25) is 0 Å². The number of hydrogen-bond donors (Lipinski definition) is 5. The summed E-state index contributed by atoms with van der Waals surface area (Å²) in [7, 11) is 0. The van der Waals surface area contributed by atoms with Crippen molar-refractivity contribution in [1.29, 1.82) is 0 Å². The van der Waals surface area contributed by atoms with Crippen molar-refractivity contribution < 1.29 is 24.9 Å². The van der Waals surface area contributed by atoms with Gasteiger partial charge in [-0.05, 0) is 12.1 Å². The highest BCUT2D eigenvalue weighted by Gasteiger charge is 2.20. The zero-order valence-electron chi connectivity index (χ0n) is 12.9. The van der Waals surface area contributed by atoms with E-state index >= 15 is 0 Å².